The minimum atomic E-state index is -4.66. The Kier molecular flexibility index (Phi) is 4.67. The van der Waals surface area contributed by atoms with Gasteiger partial charge in [-0.1, -0.05) is 6.07 Å². The smallest absolute Gasteiger partial charge is 0.407 e. The predicted octanol–water partition coefficient (Wildman–Crippen LogP) is 3.22. The number of aromatic nitrogens is 4. The lowest BCUT2D eigenvalue weighted by atomic mass is 10.2. The number of carbonyl (C=O) groups excluding carboxylic acids is 1. The summed E-state index contributed by atoms with van der Waals surface area (Å²) in [6, 6.07) is 5.80. The van der Waals surface area contributed by atoms with Gasteiger partial charge in [0.1, 0.15) is 5.69 Å². The van der Waals surface area contributed by atoms with E-state index in [1.807, 2.05) is 0 Å². The van der Waals surface area contributed by atoms with Crippen LogP contribution in [0.15, 0.2) is 36.7 Å². The van der Waals surface area contributed by atoms with E-state index in [0.29, 0.717) is 23.8 Å². The van der Waals surface area contributed by atoms with Crippen LogP contribution in [0.1, 0.15) is 5.56 Å². The van der Waals surface area contributed by atoms with E-state index in [2.05, 4.69) is 29.4 Å². The maximum atomic E-state index is 12.8. The standard InChI is InChI=1S/C14H9F3N6O2S/c15-14(16,17)7-5-9(25-12(18)24)11(20-6-7)22-13-21-10(23-26-13)8-3-1-2-4-19-8/h1-6H,(H2,18,24)(H,20,21,22,23). The molecule has 3 heterocycles. The molecule has 0 atom stereocenters. The fourth-order valence-corrected chi connectivity index (χ4v) is 2.43. The summed E-state index contributed by atoms with van der Waals surface area (Å²) < 4.78 is 47.1. The summed E-state index contributed by atoms with van der Waals surface area (Å²) in [5, 5.41) is 2.87. The highest BCUT2D eigenvalue weighted by Gasteiger charge is 2.32. The molecular weight excluding hydrogens is 373 g/mol. The van der Waals surface area contributed by atoms with Crippen LogP contribution in [0.2, 0.25) is 0 Å². The number of anilines is 2. The quantitative estimate of drug-likeness (QED) is 0.712. The Balaban J connectivity index is 1.89. The molecule has 0 unspecified atom stereocenters. The molecule has 3 N–H and O–H groups in total. The number of nitrogens with two attached hydrogens (primary N) is 1. The molecule has 1 amide bonds. The highest BCUT2D eigenvalue weighted by molar-refractivity contribution is 7.09. The predicted molar refractivity (Wildman–Crippen MR) is 85.9 cm³/mol. The van der Waals surface area contributed by atoms with E-state index >= 15 is 0 Å². The number of pyridine rings is 2. The number of rotatable bonds is 4. The lowest BCUT2D eigenvalue weighted by Crippen LogP contribution is -2.18. The summed E-state index contributed by atoms with van der Waals surface area (Å²) in [6.07, 6.45) is -3.77. The zero-order valence-corrected chi connectivity index (χ0v) is 13.5. The van der Waals surface area contributed by atoms with Crippen LogP contribution in [0.4, 0.5) is 28.9 Å². The average molecular weight is 382 g/mol. The summed E-state index contributed by atoms with van der Waals surface area (Å²) in [6.45, 7) is 0. The van der Waals surface area contributed by atoms with Crippen LogP contribution in [-0.2, 0) is 6.18 Å². The molecule has 8 nitrogen and oxygen atoms in total. The number of ether oxygens (including phenoxy) is 1. The van der Waals surface area contributed by atoms with E-state index in [1.54, 1.807) is 24.4 Å². The minimum absolute atomic E-state index is 0.166. The highest BCUT2D eigenvalue weighted by Crippen LogP contribution is 2.35. The van der Waals surface area contributed by atoms with Gasteiger partial charge in [0, 0.05) is 23.9 Å². The summed E-state index contributed by atoms with van der Waals surface area (Å²) in [5.41, 5.74) is 4.32. The van der Waals surface area contributed by atoms with Gasteiger partial charge in [-0.05, 0) is 18.2 Å². The van der Waals surface area contributed by atoms with E-state index in [1.165, 1.54) is 0 Å². The van der Waals surface area contributed by atoms with Gasteiger partial charge in [-0.2, -0.15) is 22.5 Å². The number of amides is 1. The van der Waals surface area contributed by atoms with Crippen molar-refractivity contribution in [2.75, 3.05) is 5.32 Å². The molecule has 3 aromatic heterocycles. The van der Waals surface area contributed by atoms with E-state index in [4.69, 9.17) is 5.73 Å². The monoisotopic (exact) mass is 382 g/mol. The molecule has 0 aromatic carbocycles. The van der Waals surface area contributed by atoms with Crippen molar-refractivity contribution in [3.05, 3.63) is 42.2 Å². The Bertz CT molecular complexity index is 932. The topological polar surface area (TPSA) is 116 Å². The molecule has 0 spiro atoms. The molecule has 0 fully saturated rings. The zero-order valence-electron chi connectivity index (χ0n) is 12.7. The third-order valence-corrected chi connectivity index (χ3v) is 3.57. The Labute approximate surface area is 148 Å². The summed E-state index contributed by atoms with van der Waals surface area (Å²) in [5.74, 6) is -0.329. The van der Waals surface area contributed by atoms with Crippen LogP contribution in [0.25, 0.3) is 11.5 Å². The van der Waals surface area contributed by atoms with E-state index < -0.39 is 23.6 Å². The van der Waals surface area contributed by atoms with Gasteiger partial charge < -0.3 is 15.8 Å². The van der Waals surface area contributed by atoms with Crippen LogP contribution in [0.5, 0.6) is 5.75 Å². The molecule has 3 rings (SSSR count). The van der Waals surface area contributed by atoms with Crippen molar-refractivity contribution in [3.63, 3.8) is 0 Å². The maximum Gasteiger partial charge on any atom is 0.418 e. The molecule has 26 heavy (non-hydrogen) atoms. The van der Waals surface area contributed by atoms with Gasteiger partial charge in [0.25, 0.3) is 0 Å². The maximum absolute atomic E-state index is 12.8. The van der Waals surface area contributed by atoms with Crippen molar-refractivity contribution in [3.8, 4) is 17.3 Å². The lowest BCUT2D eigenvalue weighted by molar-refractivity contribution is -0.137. The van der Waals surface area contributed by atoms with Crippen LogP contribution in [0, 0.1) is 0 Å². The van der Waals surface area contributed by atoms with Gasteiger partial charge in [0.15, 0.2) is 17.4 Å². The Morgan fingerprint density at radius 3 is 2.73 bits per heavy atom. The SMILES string of the molecule is NC(=O)Oc1cc(C(F)(F)F)cnc1Nc1nc(-c2ccccn2)ns1. The second-order valence-corrected chi connectivity index (χ2v) is 5.50. The Morgan fingerprint density at radius 1 is 1.27 bits per heavy atom. The van der Waals surface area contributed by atoms with Gasteiger partial charge in [-0.15, -0.1) is 0 Å². The van der Waals surface area contributed by atoms with Crippen molar-refractivity contribution < 1.29 is 22.7 Å². The number of alkyl halides is 3. The number of carbonyl (C=O) groups is 1. The van der Waals surface area contributed by atoms with Crippen molar-refractivity contribution in [2.24, 2.45) is 5.73 Å². The third kappa shape index (κ3) is 4.03. The molecule has 0 aliphatic heterocycles. The number of hydrogen-bond donors (Lipinski definition) is 2. The van der Waals surface area contributed by atoms with Crippen molar-refractivity contribution in [1.29, 1.82) is 0 Å². The largest absolute Gasteiger partial charge is 0.418 e. The molecule has 3 aromatic rings. The molecule has 134 valence electrons. The summed E-state index contributed by atoms with van der Waals surface area (Å²) >= 11 is 0.930. The highest BCUT2D eigenvalue weighted by atomic mass is 32.1. The first-order valence-corrected chi connectivity index (χ1v) is 7.67. The normalized spacial score (nSPS) is 11.2. The molecule has 0 aliphatic rings. The fourth-order valence-electron chi connectivity index (χ4n) is 1.85. The Morgan fingerprint density at radius 2 is 2.08 bits per heavy atom. The number of primary amides is 1. The first-order chi connectivity index (χ1) is 12.3. The molecule has 0 bridgehead atoms. The average Bonchev–Trinajstić information content (AvgIpc) is 3.04. The minimum Gasteiger partial charge on any atom is -0.407 e. The van der Waals surface area contributed by atoms with Crippen LogP contribution >= 0.6 is 11.5 Å². The Hall–Kier alpha value is -3.28. The van der Waals surface area contributed by atoms with Gasteiger partial charge in [-0.3, -0.25) is 4.98 Å². The second-order valence-electron chi connectivity index (χ2n) is 4.75. The summed E-state index contributed by atoms with van der Waals surface area (Å²) in [4.78, 5) is 22.8. The van der Waals surface area contributed by atoms with Gasteiger partial charge >= 0.3 is 12.3 Å². The van der Waals surface area contributed by atoms with E-state index in [0.717, 1.165) is 11.5 Å². The molecule has 0 radical (unpaired) electrons. The van der Waals surface area contributed by atoms with E-state index in [-0.39, 0.29) is 10.9 Å². The van der Waals surface area contributed by atoms with Gasteiger partial charge in [0.2, 0.25) is 5.13 Å². The van der Waals surface area contributed by atoms with Crippen molar-refractivity contribution in [2.45, 2.75) is 6.18 Å². The molecule has 0 saturated carbocycles. The van der Waals surface area contributed by atoms with Crippen LogP contribution in [-0.4, -0.2) is 25.4 Å². The first-order valence-electron chi connectivity index (χ1n) is 6.89. The number of halogens is 3. The van der Waals surface area contributed by atoms with Crippen molar-refractivity contribution in [1.82, 2.24) is 19.3 Å². The lowest BCUT2D eigenvalue weighted by Gasteiger charge is -2.11. The third-order valence-electron chi connectivity index (χ3n) is 2.94. The molecule has 12 heteroatoms. The first kappa shape index (κ1) is 17.5. The van der Waals surface area contributed by atoms with Gasteiger partial charge in [0.05, 0.1) is 5.56 Å². The second kappa shape index (κ2) is 6.92. The van der Waals surface area contributed by atoms with Crippen LogP contribution in [0.3, 0.4) is 0 Å². The van der Waals surface area contributed by atoms with Gasteiger partial charge in [-0.25, -0.2) is 9.78 Å². The van der Waals surface area contributed by atoms with E-state index in [9.17, 15) is 18.0 Å². The molecule has 0 aliphatic carbocycles. The number of nitrogens with zero attached hydrogens (tertiary/aromatic N) is 4. The number of nitrogens with one attached hydrogen (secondary N) is 1. The summed E-state index contributed by atoms with van der Waals surface area (Å²) in [7, 11) is 0. The zero-order chi connectivity index (χ0) is 18.7. The molecule has 0 saturated heterocycles. The fraction of sp³-hybridized carbons (Fsp3) is 0.0714. The van der Waals surface area contributed by atoms with Crippen molar-refractivity contribution >= 4 is 28.6 Å². The van der Waals surface area contributed by atoms with Crippen LogP contribution < -0.4 is 15.8 Å². The molecular formula is C14H9F3N6O2S. The number of hydrogen-bond acceptors (Lipinski definition) is 8.